The second-order valence-electron chi connectivity index (χ2n) is 4.87. The van der Waals surface area contributed by atoms with Crippen LogP contribution in [0, 0.1) is 0 Å². The van der Waals surface area contributed by atoms with E-state index < -0.39 is 21.9 Å². The number of aromatic nitrogens is 2. The summed E-state index contributed by atoms with van der Waals surface area (Å²) in [5, 5.41) is 2.77. The van der Waals surface area contributed by atoms with Gasteiger partial charge in [-0.1, -0.05) is 0 Å². The Balaban J connectivity index is 2.08. The maximum Gasteiger partial charge on any atom is 0.433 e. The van der Waals surface area contributed by atoms with E-state index in [0.717, 1.165) is 18.5 Å². The zero-order valence-electron chi connectivity index (χ0n) is 11.3. The molecule has 0 spiro atoms. The normalized spacial score (nSPS) is 21.2. The average molecular weight is 324 g/mol. The van der Waals surface area contributed by atoms with Gasteiger partial charge in [-0.15, -0.1) is 0 Å². The summed E-state index contributed by atoms with van der Waals surface area (Å²) in [4.78, 5) is 7.15. The standard InChI is InChI=1S/C11H15F3N4O2S/c1-21(19,20)18-6-2-3-8(7-18)16-10-15-5-4-9(17-10)11(12,13)14/h4-5,8H,2-3,6-7H2,1H3,(H,15,16,17)/t8-/m1/s1. The lowest BCUT2D eigenvalue weighted by atomic mass is 10.1. The average Bonchev–Trinajstić information content (AvgIpc) is 2.37. The van der Waals surface area contributed by atoms with Crippen LogP contribution in [0.5, 0.6) is 0 Å². The molecule has 118 valence electrons. The predicted octanol–water partition coefficient (Wildman–Crippen LogP) is 1.33. The molecule has 0 aliphatic carbocycles. The van der Waals surface area contributed by atoms with Crippen molar-refractivity contribution in [2.24, 2.45) is 0 Å². The van der Waals surface area contributed by atoms with Crippen LogP contribution in [-0.2, 0) is 16.2 Å². The van der Waals surface area contributed by atoms with Gasteiger partial charge < -0.3 is 5.32 Å². The predicted molar refractivity (Wildman–Crippen MR) is 70.1 cm³/mol. The van der Waals surface area contributed by atoms with Crippen molar-refractivity contribution in [1.82, 2.24) is 14.3 Å². The van der Waals surface area contributed by atoms with Crippen molar-refractivity contribution < 1.29 is 21.6 Å². The first-order chi connectivity index (χ1) is 9.66. The highest BCUT2D eigenvalue weighted by molar-refractivity contribution is 7.88. The van der Waals surface area contributed by atoms with Gasteiger partial charge >= 0.3 is 6.18 Å². The molecule has 1 aromatic rings. The molecule has 10 heteroatoms. The second kappa shape index (κ2) is 5.76. The van der Waals surface area contributed by atoms with E-state index in [-0.39, 0.29) is 18.5 Å². The molecule has 0 amide bonds. The Morgan fingerprint density at radius 2 is 2.14 bits per heavy atom. The fraction of sp³-hybridized carbons (Fsp3) is 0.636. The smallest absolute Gasteiger partial charge is 0.350 e. The van der Waals surface area contributed by atoms with Crippen molar-refractivity contribution in [1.29, 1.82) is 0 Å². The zero-order chi connectivity index (χ0) is 15.7. The molecular formula is C11H15F3N4O2S. The molecule has 0 aromatic carbocycles. The van der Waals surface area contributed by atoms with Crippen molar-refractivity contribution in [3.8, 4) is 0 Å². The topological polar surface area (TPSA) is 75.2 Å². The van der Waals surface area contributed by atoms with Gasteiger partial charge in [0.05, 0.1) is 6.26 Å². The quantitative estimate of drug-likeness (QED) is 0.908. The van der Waals surface area contributed by atoms with Crippen molar-refractivity contribution in [3.05, 3.63) is 18.0 Å². The first-order valence-electron chi connectivity index (χ1n) is 6.28. The van der Waals surface area contributed by atoms with E-state index in [9.17, 15) is 21.6 Å². The third-order valence-electron chi connectivity index (χ3n) is 3.13. The molecule has 1 aliphatic rings. The van der Waals surface area contributed by atoms with E-state index in [1.807, 2.05) is 0 Å². The Morgan fingerprint density at radius 3 is 2.76 bits per heavy atom. The van der Waals surface area contributed by atoms with Crippen molar-refractivity contribution in [3.63, 3.8) is 0 Å². The lowest BCUT2D eigenvalue weighted by Crippen LogP contribution is -2.44. The van der Waals surface area contributed by atoms with Gasteiger partial charge in [-0.2, -0.15) is 13.2 Å². The number of sulfonamides is 1. The van der Waals surface area contributed by atoms with Crippen LogP contribution in [0.15, 0.2) is 12.3 Å². The van der Waals surface area contributed by atoms with Crippen molar-refractivity contribution in [2.75, 3.05) is 24.7 Å². The van der Waals surface area contributed by atoms with Gasteiger partial charge in [0.2, 0.25) is 16.0 Å². The first-order valence-corrected chi connectivity index (χ1v) is 8.13. The largest absolute Gasteiger partial charge is 0.433 e. The van der Waals surface area contributed by atoms with Crippen LogP contribution in [-0.4, -0.2) is 48.1 Å². The van der Waals surface area contributed by atoms with Crippen LogP contribution in [0.3, 0.4) is 0 Å². The molecule has 2 rings (SSSR count). The summed E-state index contributed by atoms with van der Waals surface area (Å²) in [6, 6.07) is 0.478. The monoisotopic (exact) mass is 324 g/mol. The molecule has 1 aliphatic heterocycles. The lowest BCUT2D eigenvalue weighted by molar-refractivity contribution is -0.141. The number of rotatable bonds is 3. The molecule has 2 heterocycles. The fourth-order valence-corrected chi connectivity index (χ4v) is 3.04. The minimum Gasteiger partial charge on any atom is -0.350 e. The van der Waals surface area contributed by atoms with E-state index in [1.165, 1.54) is 4.31 Å². The molecule has 0 radical (unpaired) electrons. The molecule has 6 nitrogen and oxygen atoms in total. The molecule has 1 N–H and O–H groups in total. The Labute approximate surface area is 120 Å². The van der Waals surface area contributed by atoms with Gasteiger partial charge in [-0.3, -0.25) is 0 Å². The third-order valence-corrected chi connectivity index (χ3v) is 4.40. The number of alkyl halides is 3. The van der Waals surface area contributed by atoms with Gasteiger partial charge in [-0.25, -0.2) is 22.7 Å². The number of hydrogen-bond donors (Lipinski definition) is 1. The molecule has 21 heavy (non-hydrogen) atoms. The van der Waals surface area contributed by atoms with E-state index >= 15 is 0 Å². The summed E-state index contributed by atoms with van der Waals surface area (Å²) < 4.78 is 61.9. The molecule has 0 unspecified atom stereocenters. The van der Waals surface area contributed by atoms with E-state index in [0.29, 0.717) is 19.4 Å². The number of halogens is 3. The van der Waals surface area contributed by atoms with Crippen molar-refractivity contribution >= 4 is 16.0 Å². The summed E-state index contributed by atoms with van der Waals surface area (Å²) in [6.07, 6.45) is -1.13. The molecule has 0 bridgehead atoms. The zero-order valence-corrected chi connectivity index (χ0v) is 12.1. The maximum atomic E-state index is 12.6. The van der Waals surface area contributed by atoms with Gasteiger partial charge in [0.25, 0.3) is 0 Å². The van der Waals surface area contributed by atoms with E-state index in [1.54, 1.807) is 0 Å². The molecule has 1 saturated heterocycles. The highest BCUT2D eigenvalue weighted by atomic mass is 32.2. The summed E-state index contributed by atoms with van der Waals surface area (Å²) in [7, 11) is -3.31. The highest BCUT2D eigenvalue weighted by Crippen LogP contribution is 2.27. The van der Waals surface area contributed by atoms with Crippen LogP contribution >= 0.6 is 0 Å². The van der Waals surface area contributed by atoms with Crippen LogP contribution in [0.4, 0.5) is 19.1 Å². The van der Waals surface area contributed by atoms with Gasteiger partial charge in [-0.05, 0) is 18.9 Å². The summed E-state index contributed by atoms with van der Waals surface area (Å²) in [5.74, 6) is -0.148. The Hall–Kier alpha value is -1.42. The van der Waals surface area contributed by atoms with Gasteiger partial charge in [0.15, 0.2) is 0 Å². The second-order valence-corrected chi connectivity index (χ2v) is 6.85. The number of nitrogens with one attached hydrogen (secondary N) is 1. The molecule has 0 saturated carbocycles. The highest BCUT2D eigenvalue weighted by Gasteiger charge is 2.33. The van der Waals surface area contributed by atoms with Crippen LogP contribution < -0.4 is 5.32 Å². The van der Waals surface area contributed by atoms with Crippen LogP contribution in [0.2, 0.25) is 0 Å². The van der Waals surface area contributed by atoms with Crippen LogP contribution in [0.1, 0.15) is 18.5 Å². The Bertz CT molecular complexity index is 606. The fourth-order valence-electron chi connectivity index (χ4n) is 2.13. The molecule has 1 fully saturated rings. The number of piperidine rings is 1. The summed E-state index contributed by atoms with van der Waals surface area (Å²) in [6.45, 7) is 0.610. The molecular weight excluding hydrogens is 309 g/mol. The SMILES string of the molecule is CS(=O)(=O)N1CCC[C@@H](Nc2nccc(C(F)(F)F)n2)C1. The van der Waals surface area contributed by atoms with Gasteiger partial charge in [0, 0.05) is 25.3 Å². The molecule has 1 atom stereocenters. The lowest BCUT2D eigenvalue weighted by Gasteiger charge is -2.31. The third kappa shape index (κ3) is 4.27. The first kappa shape index (κ1) is 16.0. The minimum atomic E-state index is -4.54. The van der Waals surface area contributed by atoms with E-state index in [4.69, 9.17) is 0 Å². The Morgan fingerprint density at radius 1 is 1.43 bits per heavy atom. The minimum absolute atomic E-state index is 0.148. The number of nitrogens with zero attached hydrogens (tertiary/aromatic N) is 3. The maximum absolute atomic E-state index is 12.6. The summed E-state index contributed by atoms with van der Waals surface area (Å²) in [5.41, 5.74) is -1.03. The van der Waals surface area contributed by atoms with Crippen LogP contribution in [0.25, 0.3) is 0 Å². The summed E-state index contributed by atoms with van der Waals surface area (Å²) >= 11 is 0. The van der Waals surface area contributed by atoms with E-state index in [2.05, 4.69) is 15.3 Å². The van der Waals surface area contributed by atoms with Gasteiger partial charge in [0.1, 0.15) is 5.69 Å². The number of hydrogen-bond acceptors (Lipinski definition) is 5. The van der Waals surface area contributed by atoms with Crippen molar-refractivity contribution in [2.45, 2.75) is 25.1 Å². The molecule has 1 aromatic heterocycles. The Kier molecular flexibility index (Phi) is 4.38. The number of anilines is 1.